The normalized spacial score (nSPS) is 16.9. The van der Waals surface area contributed by atoms with Crippen LogP contribution in [0.25, 0.3) is 11.3 Å². The first-order valence-electron chi connectivity index (χ1n) is 9.30. The average molecular weight is 348 g/mol. The highest BCUT2D eigenvalue weighted by Gasteiger charge is 2.28. The van der Waals surface area contributed by atoms with Crippen molar-refractivity contribution in [2.24, 2.45) is 0 Å². The Balaban J connectivity index is 1.34. The molecule has 0 radical (unpaired) electrons. The van der Waals surface area contributed by atoms with Crippen molar-refractivity contribution >= 4 is 5.91 Å². The van der Waals surface area contributed by atoms with Gasteiger partial charge >= 0.3 is 0 Å². The molecule has 3 heterocycles. The van der Waals surface area contributed by atoms with Crippen LogP contribution < -0.4 is 0 Å². The van der Waals surface area contributed by atoms with Crippen LogP contribution in [0.15, 0.2) is 60.9 Å². The number of nitrogens with one attached hydrogen (secondary N) is 1. The number of nitrogens with zero attached hydrogens (tertiary/aromatic N) is 3. The summed E-state index contributed by atoms with van der Waals surface area (Å²) in [6.07, 6.45) is 7.19. The highest BCUT2D eigenvalue weighted by Crippen LogP contribution is 2.22. The molecule has 0 aliphatic carbocycles. The lowest BCUT2D eigenvalue weighted by Crippen LogP contribution is -2.38. The molecule has 5 heteroatoms. The fourth-order valence-electron chi connectivity index (χ4n) is 3.74. The second-order valence-corrected chi connectivity index (χ2v) is 6.87. The van der Waals surface area contributed by atoms with E-state index in [1.807, 2.05) is 40.0 Å². The molecule has 0 saturated carbocycles. The number of hydrogen-bond acceptors (Lipinski definition) is 2. The minimum absolute atomic E-state index is 0.246. The van der Waals surface area contributed by atoms with Crippen LogP contribution in [0.1, 0.15) is 25.0 Å². The quantitative estimate of drug-likeness (QED) is 0.741. The zero-order valence-corrected chi connectivity index (χ0v) is 14.8. The summed E-state index contributed by atoms with van der Waals surface area (Å²) < 4.78 is 1.92. The number of likely N-dealkylation sites (tertiary alicyclic amines) is 1. The van der Waals surface area contributed by atoms with Crippen LogP contribution in [0.4, 0.5) is 0 Å². The van der Waals surface area contributed by atoms with Crippen molar-refractivity contribution in [3.05, 3.63) is 66.6 Å². The molecule has 134 valence electrons. The van der Waals surface area contributed by atoms with Crippen LogP contribution >= 0.6 is 0 Å². The predicted octanol–water partition coefficient (Wildman–Crippen LogP) is 3.50. The monoisotopic (exact) mass is 348 g/mol. The maximum Gasteiger partial charge on any atom is 0.223 e. The Kier molecular flexibility index (Phi) is 4.86. The number of H-pyrrole nitrogens is 1. The average Bonchev–Trinajstić information content (AvgIpc) is 3.43. The van der Waals surface area contributed by atoms with Gasteiger partial charge in [0.25, 0.3) is 0 Å². The van der Waals surface area contributed by atoms with Gasteiger partial charge in [0, 0.05) is 36.7 Å². The Morgan fingerprint density at radius 1 is 1.15 bits per heavy atom. The number of carbonyl (C=O) groups excluding carboxylic acids is 1. The molecule has 1 fully saturated rings. The van der Waals surface area contributed by atoms with E-state index in [-0.39, 0.29) is 11.9 Å². The molecule has 2 aromatic heterocycles. The number of benzene rings is 1. The fraction of sp³-hybridized carbons (Fsp3) is 0.333. The maximum atomic E-state index is 12.7. The van der Waals surface area contributed by atoms with Crippen LogP contribution in [0.2, 0.25) is 0 Å². The Morgan fingerprint density at radius 2 is 2.04 bits per heavy atom. The van der Waals surface area contributed by atoms with Crippen molar-refractivity contribution in [3.8, 4) is 11.3 Å². The number of aromatic amines is 1. The summed E-state index contributed by atoms with van der Waals surface area (Å²) in [6.45, 7) is 1.66. The second kappa shape index (κ2) is 7.60. The molecule has 1 aromatic carbocycles. The van der Waals surface area contributed by atoms with Crippen molar-refractivity contribution in [2.45, 2.75) is 38.3 Å². The van der Waals surface area contributed by atoms with Gasteiger partial charge < -0.3 is 9.88 Å². The third kappa shape index (κ3) is 3.72. The van der Waals surface area contributed by atoms with Gasteiger partial charge in [-0.3, -0.25) is 9.48 Å². The first kappa shape index (κ1) is 16.6. The molecule has 1 N–H and O–H groups in total. The van der Waals surface area contributed by atoms with Crippen LogP contribution in [0.3, 0.4) is 0 Å². The molecule has 1 saturated heterocycles. The highest BCUT2D eigenvalue weighted by molar-refractivity contribution is 5.77. The van der Waals surface area contributed by atoms with E-state index in [1.54, 1.807) is 6.20 Å². The lowest BCUT2D eigenvalue weighted by molar-refractivity contribution is -0.132. The Labute approximate surface area is 153 Å². The van der Waals surface area contributed by atoms with E-state index in [9.17, 15) is 4.79 Å². The lowest BCUT2D eigenvalue weighted by atomic mass is 10.2. The molecule has 1 aliphatic heterocycles. The summed E-state index contributed by atoms with van der Waals surface area (Å²) in [5, 5.41) is 4.27. The first-order chi connectivity index (χ1) is 12.8. The summed E-state index contributed by atoms with van der Waals surface area (Å²) >= 11 is 0. The van der Waals surface area contributed by atoms with E-state index >= 15 is 0 Å². The molecular formula is C21H24N4O. The molecule has 3 aromatic rings. The van der Waals surface area contributed by atoms with Crippen molar-refractivity contribution in [1.29, 1.82) is 0 Å². The van der Waals surface area contributed by atoms with Crippen LogP contribution in [0.5, 0.6) is 0 Å². The van der Waals surface area contributed by atoms with E-state index in [0.717, 1.165) is 43.7 Å². The van der Waals surface area contributed by atoms with Crippen LogP contribution in [-0.4, -0.2) is 38.2 Å². The molecule has 4 rings (SSSR count). The number of aromatic nitrogens is 3. The van der Waals surface area contributed by atoms with Gasteiger partial charge in [0.15, 0.2) is 0 Å². The third-order valence-electron chi connectivity index (χ3n) is 5.09. The summed E-state index contributed by atoms with van der Waals surface area (Å²) in [6, 6.07) is 16.6. The van der Waals surface area contributed by atoms with E-state index < -0.39 is 0 Å². The van der Waals surface area contributed by atoms with E-state index in [4.69, 9.17) is 0 Å². The smallest absolute Gasteiger partial charge is 0.223 e. The number of hydrogen-bond donors (Lipinski definition) is 1. The van der Waals surface area contributed by atoms with Crippen LogP contribution in [0, 0.1) is 0 Å². The van der Waals surface area contributed by atoms with E-state index in [0.29, 0.717) is 6.42 Å². The largest absolute Gasteiger partial charge is 0.358 e. The SMILES string of the molecule is O=C(CCc1ccc(-c2ccccc2)[nH]1)N1CCC[C@H]1Cn1cccn1. The van der Waals surface area contributed by atoms with Crippen molar-refractivity contribution in [3.63, 3.8) is 0 Å². The number of aryl methyl sites for hydroxylation is 1. The molecule has 1 aliphatic rings. The summed E-state index contributed by atoms with van der Waals surface area (Å²) in [7, 11) is 0. The number of amides is 1. The summed E-state index contributed by atoms with van der Waals surface area (Å²) in [4.78, 5) is 18.2. The third-order valence-corrected chi connectivity index (χ3v) is 5.09. The minimum Gasteiger partial charge on any atom is -0.358 e. The molecule has 1 amide bonds. The molecule has 0 spiro atoms. The molecule has 1 atom stereocenters. The molecular weight excluding hydrogens is 324 g/mol. The van der Waals surface area contributed by atoms with Gasteiger partial charge in [0.1, 0.15) is 0 Å². The zero-order valence-electron chi connectivity index (χ0n) is 14.8. The van der Waals surface area contributed by atoms with Gasteiger partial charge in [-0.15, -0.1) is 0 Å². The standard InChI is InChI=1S/C21H24N4O/c26-21(25-15-4-8-19(25)16-24-14-5-13-22-24)12-10-18-9-11-20(23-18)17-6-2-1-3-7-17/h1-3,5-7,9,11,13-14,19,23H,4,8,10,12,15-16H2/t19-/m0/s1. The summed E-state index contributed by atoms with van der Waals surface area (Å²) in [5.74, 6) is 0.246. The number of rotatable bonds is 6. The van der Waals surface area contributed by atoms with Gasteiger partial charge in [-0.2, -0.15) is 5.10 Å². The Morgan fingerprint density at radius 3 is 2.85 bits per heavy atom. The first-order valence-corrected chi connectivity index (χ1v) is 9.30. The van der Waals surface area contributed by atoms with Gasteiger partial charge in [0.2, 0.25) is 5.91 Å². The Bertz CT molecular complexity index is 838. The highest BCUT2D eigenvalue weighted by atomic mass is 16.2. The molecule has 26 heavy (non-hydrogen) atoms. The van der Waals surface area contributed by atoms with Crippen LogP contribution in [-0.2, 0) is 17.8 Å². The van der Waals surface area contributed by atoms with Crippen molar-refractivity contribution < 1.29 is 4.79 Å². The second-order valence-electron chi connectivity index (χ2n) is 6.87. The maximum absolute atomic E-state index is 12.7. The fourth-order valence-corrected chi connectivity index (χ4v) is 3.74. The molecule has 0 unspecified atom stereocenters. The summed E-state index contributed by atoms with van der Waals surface area (Å²) in [5.41, 5.74) is 3.38. The predicted molar refractivity (Wildman–Crippen MR) is 102 cm³/mol. The Hall–Kier alpha value is -2.82. The minimum atomic E-state index is 0.246. The van der Waals surface area contributed by atoms with Gasteiger partial charge in [0.05, 0.1) is 12.6 Å². The van der Waals surface area contributed by atoms with Crippen molar-refractivity contribution in [1.82, 2.24) is 19.7 Å². The van der Waals surface area contributed by atoms with Gasteiger partial charge in [-0.1, -0.05) is 30.3 Å². The molecule has 5 nitrogen and oxygen atoms in total. The lowest BCUT2D eigenvalue weighted by Gasteiger charge is -2.24. The topological polar surface area (TPSA) is 53.9 Å². The van der Waals surface area contributed by atoms with Gasteiger partial charge in [-0.05, 0) is 43.0 Å². The van der Waals surface area contributed by atoms with Crippen molar-refractivity contribution in [2.75, 3.05) is 6.54 Å². The number of carbonyl (C=O) groups is 1. The molecule has 0 bridgehead atoms. The van der Waals surface area contributed by atoms with E-state index in [2.05, 4.69) is 34.3 Å². The van der Waals surface area contributed by atoms with Gasteiger partial charge in [-0.25, -0.2) is 0 Å². The van der Waals surface area contributed by atoms with E-state index in [1.165, 1.54) is 5.56 Å². The zero-order chi connectivity index (χ0) is 17.8.